The molecule has 102 valence electrons. The standard InChI is InChI=1S/C13H16F2N4/c1-19-10(6-7-17-19)3-5-13(18-16)11-8-9(14)2-4-12(11)15/h2,4,6-8,13,18H,3,5,16H2,1H3. The van der Waals surface area contributed by atoms with Gasteiger partial charge in [0.05, 0.1) is 0 Å². The minimum absolute atomic E-state index is 0.240. The fourth-order valence-electron chi connectivity index (χ4n) is 2.05. The highest BCUT2D eigenvalue weighted by atomic mass is 19.1. The quantitative estimate of drug-likeness (QED) is 0.641. The average Bonchev–Trinajstić information content (AvgIpc) is 2.80. The summed E-state index contributed by atoms with van der Waals surface area (Å²) in [6.07, 6.45) is 2.92. The Labute approximate surface area is 110 Å². The number of aryl methyl sites for hydroxylation is 2. The Morgan fingerprint density at radius 2 is 2.16 bits per heavy atom. The summed E-state index contributed by atoms with van der Waals surface area (Å²) in [5.74, 6) is 4.50. The van der Waals surface area contributed by atoms with Gasteiger partial charge >= 0.3 is 0 Å². The molecule has 2 aromatic rings. The molecule has 0 aliphatic heterocycles. The largest absolute Gasteiger partial charge is 0.273 e. The lowest BCUT2D eigenvalue weighted by molar-refractivity contribution is 0.474. The third-order valence-electron chi connectivity index (χ3n) is 3.15. The molecule has 2 rings (SSSR count). The van der Waals surface area contributed by atoms with Crippen molar-refractivity contribution in [2.24, 2.45) is 12.9 Å². The Morgan fingerprint density at radius 3 is 2.79 bits per heavy atom. The van der Waals surface area contributed by atoms with Gasteiger partial charge in [-0.2, -0.15) is 5.10 Å². The highest BCUT2D eigenvalue weighted by Crippen LogP contribution is 2.22. The Bertz CT molecular complexity index is 553. The summed E-state index contributed by atoms with van der Waals surface area (Å²) in [6.45, 7) is 0. The van der Waals surface area contributed by atoms with Crippen LogP contribution in [0.5, 0.6) is 0 Å². The highest BCUT2D eigenvalue weighted by molar-refractivity contribution is 5.22. The summed E-state index contributed by atoms with van der Waals surface area (Å²) in [4.78, 5) is 0. The molecule has 1 aromatic carbocycles. The normalized spacial score (nSPS) is 12.6. The van der Waals surface area contributed by atoms with Crippen LogP contribution in [0.25, 0.3) is 0 Å². The zero-order valence-electron chi connectivity index (χ0n) is 10.6. The van der Waals surface area contributed by atoms with E-state index in [9.17, 15) is 8.78 Å². The molecular weight excluding hydrogens is 250 g/mol. The third kappa shape index (κ3) is 3.15. The lowest BCUT2D eigenvalue weighted by Crippen LogP contribution is -2.29. The van der Waals surface area contributed by atoms with E-state index in [0.29, 0.717) is 12.8 Å². The third-order valence-corrected chi connectivity index (χ3v) is 3.15. The maximum atomic E-state index is 13.7. The molecule has 0 radical (unpaired) electrons. The van der Waals surface area contributed by atoms with Crippen LogP contribution in [0.3, 0.4) is 0 Å². The van der Waals surface area contributed by atoms with Crippen molar-refractivity contribution in [3.8, 4) is 0 Å². The number of rotatable bonds is 5. The molecule has 0 aliphatic carbocycles. The van der Waals surface area contributed by atoms with Gasteiger partial charge in [-0.15, -0.1) is 0 Å². The van der Waals surface area contributed by atoms with Crippen LogP contribution in [0.2, 0.25) is 0 Å². The van der Waals surface area contributed by atoms with Crippen LogP contribution in [0.1, 0.15) is 23.7 Å². The first-order valence-electron chi connectivity index (χ1n) is 5.99. The van der Waals surface area contributed by atoms with Gasteiger partial charge in [-0.3, -0.25) is 16.0 Å². The number of nitrogens with zero attached hydrogens (tertiary/aromatic N) is 2. The van der Waals surface area contributed by atoms with Crippen LogP contribution in [0.15, 0.2) is 30.5 Å². The van der Waals surface area contributed by atoms with Gasteiger partial charge in [0.2, 0.25) is 0 Å². The maximum Gasteiger partial charge on any atom is 0.128 e. The van der Waals surface area contributed by atoms with Gasteiger partial charge in [0.15, 0.2) is 0 Å². The number of halogens is 2. The molecule has 1 heterocycles. The first kappa shape index (κ1) is 13.6. The van der Waals surface area contributed by atoms with Gasteiger partial charge in [-0.1, -0.05) is 0 Å². The van der Waals surface area contributed by atoms with Crippen molar-refractivity contribution in [2.75, 3.05) is 0 Å². The van der Waals surface area contributed by atoms with E-state index < -0.39 is 17.7 Å². The summed E-state index contributed by atoms with van der Waals surface area (Å²) in [5, 5.41) is 4.06. The molecule has 0 aliphatic rings. The summed E-state index contributed by atoms with van der Waals surface area (Å²) in [7, 11) is 1.84. The highest BCUT2D eigenvalue weighted by Gasteiger charge is 2.16. The van der Waals surface area contributed by atoms with Crippen molar-refractivity contribution in [3.63, 3.8) is 0 Å². The maximum absolute atomic E-state index is 13.7. The molecule has 3 N–H and O–H groups in total. The molecule has 6 heteroatoms. The second-order valence-corrected chi connectivity index (χ2v) is 4.37. The molecule has 0 spiro atoms. The lowest BCUT2D eigenvalue weighted by Gasteiger charge is -2.17. The first-order valence-corrected chi connectivity index (χ1v) is 5.99. The number of benzene rings is 1. The van der Waals surface area contributed by atoms with E-state index in [0.717, 1.165) is 17.8 Å². The van der Waals surface area contributed by atoms with E-state index in [1.54, 1.807) is 10.9 Å². The minimum atomic E-state index is -0.475. The molecule has 0 amide bonds. The summed E-state index contributed by atoms with van der Waals surface area (Å²) in [6, 6.07) is 4.82. The monoisotopic (exact) mass is 266 g/mol. The predicted octanol–water partition coefficient (Wildman–Crippen LogP) is 1.84. The lowest BCUT2D eigenvalue weighted by atomic mass is 10.0. The SMILES string of the molecule is Cn1nccc1CCC(NN)c1cc(F)ccc1F. The van der Waals surface area contributed by atoms with Gasteiger partial charge in [0.1, 0.15) is 11.6 Å². The van der Waals surface area contributed by atoms with Crippen molar-refractivity contribution in [1.82, 2.24) is 15.2 Å². The van der Waals surface area contributed by atoms with Crippen molar-refractivity contribution >= 4 is 0 Å². The number of nitrogens with one attached hydrogen (secondary N) is 1. The van der Waals surface area contributed by atoms with Crippen molar-refractivity contribution < 1.29 is 8.78 Å². The number of hydrogen-bond donors (Lipinski definition) is 2. The minimum Gasteiger partial charge on any atom is -0.273 e. The van der Waals surface area contributed by atoms with E-state index >= 15 is 0 Å². The van der Waals surface area contributed by atoms with Crippen molar-refractivity contribution in [3.05, 3.63) is 53.4 Å². The van der Waals surface area contributed by atoms with Crippen molar-refractivity contribution in [1.29, 1.82) is 0 Å². The van der Waals surface area contributed by atoms with E-state index in [1.807, 2.05) is 13.1 Å². The summed E-state index contributed by atoms with van der Waals surface area (Å²) < 4.78 is 28.6. The van der Waals surface area contributed by atoms with Gasteiger partial charge in [-0.25, -0.2) is 8.78 Å². The molecular formula is C13H16F2N4. The molecule has 1 aromatic heterocycles. The fourth-order valence-corrected chi connectivity index (χ4v) is 2.05. The van der Waals surface area contributed by atoms with E-state index in [2.05, 4.69) is 10.5 Å². The molecule has 0 fully saturated rings. The number of hydrogen-bond acceptors (Lipinski definition) is 3. The molecule has 4 nitrogen and oxygen atoms in total. The zero-order chi connectivity index (χ0) is 13.8. The smallest absolute Gasteiger partial charge is 0.128 e. The second kappa shape index (κ2) is 5.90. The number of nitrogens with two attached hydrogens (primary N) is 1. The van der Waals surface area contributed by atoms with Gasteiger partial charge in [-0.05, 0) is 37.1 Å². The van der Waals surface area contributed by atoms with Gasteiger partial charge in [0.25, 0.3) is 0 Å². The Kier molecular flexibility index (Phi) is 4.24. The second-order valence-electron chi connectivity index (χ2n) is 4.37. The van der Waals surface area contributed by atoms with Crippen LogP contribution in [-0.2, 0) is 13.5 Å². The first-order chi connectivity index (χ1) is 9.11. The van der Waals surface area contributed by atoms with Crippen LogP contribution < -0.4 is 11.3 Å². The Morgan fingerprint density at radius 1 is 1.37 bits per heavy atom. The summed E-state index contributed by atoms with van der Waals surface area (Å²) in [5.41, 5.74) is 3.78. The topological polar surface area (TPSA) is 55.9 Å². The van der Waals surface area contributed by atoms with Gasteiger partial charge < -0.3 is 0 Å². The molecule has 0 saturated carbocycles. The zero-order valence-corrected chi connectivity index (χ0v) is 10.6. The predicted molar refractivity (Wildman–Crippen MR) is 68.0 cm³/mol. The van der Waals surface area contributed by atoms with E-state index in [1.165, 1.54) is 6.07 Å². The number of aromatic nitrogens is 2. The fraction of sp³-hybridized carbons (Fsp3) is 0.308. The van der Waals surface area contributed by atoms with E-state index in [-0.39, 0.29) is 5.56 Å². The Balaban J connectivity index is 2.12. The van der Waals surface area contributed by atoms with Crippen LogP contribution in [0.4, 0.5) is 8.78 Å². The number of hydrazine groups is 1. The van der Waals surface area contributed by atoms with Crippen molar-refractivity contribution in [2.45, 2.75) is 18.9 Å². The van der Waals surface area contributed by atoms with Crippen LogP contribution in [-0.4, -0.2) is 9.78 Å². The Hall–Kier alpha value is -1.79. The van der Waals surface area contributed by atoms with Crippen LogP contribution >= 0.6 is 0 Å². The average molecular weight is 266 g/mol. The molecule has 1 unspecified atom stereocenters. The molecule has 0 bridgehead atoms. The van der Waals surface area contributed by atoms with E-state index in [4.69, 9.17) is 5.84 Å². The van der Waals surface area contributed by atoms with Crippen LogP contribution in [0, 0.1) is 11.6 Å². The molecule has 1 atom stereocenters. The molecule has 0 saturated heterocycles. The molecule has 19 heavy (non-hydrogen) atoms. The summed E-state index contributed by atoms with van der Waals surface area (Å²) >= 11 is 0. The van der Waals surface area contributed by atoms with Gasteiger partial charge in [0, 0.05) is 30.5 Å².